The van der Waals surface area contributed by atoms with Gasteiger partial charge in [0.15, 0.2) is 5.78 Å². The van der Waals surface area contributed by atoms with Crippen molar-refractivity contribution in [3.8, 4) is 6.07 Å². The van der Waals surface area contributed by atoms with Gasteiger partial charge in [-0.3, -0.25) is 18.8 Å². The van der Waals surface area contributed by atoms with E-state index in [2.05, 4.69) is 5.32 Å². The van der Waals surface area contributed by atoms with Crippen LogP contribution in [0.3, 0.4) is 0 Å². The largest absolute Gasteiger partial charge is 0.416 e. The molecule has 2 aromatic carbocycles. The number of anilines is 1. The van der Waals surface area contributed by atoms with Crippen LogP contribution in [0.2, 0.25) is 0 Å². The summed E-state index contributed by atoms with van der Waals surface area (Å²) >= 11 is 0. The van der Waals surface area contributed by atoms with Gasteiger partial charge in [-0.05, 0) is 43.2 Å². The molecule has 0 unspecified atom stereocenters. The monoisotopic (exact) mass is 590 g/mol. The number of carbonyl (C=O) groups excluding carboxylic acids is 3. The summed E-state index contributed by atoms with van der Waals surface area (Å²) in [5.41, 5.74) is -1.00. The molecule has 41 heavy (non-hydrogen) atoms. The molecule has 216 valence electrons. The van der Waals surface area contributed by atoms with Crippen LogP contribution in [-0.4, -0.2) is 57.4 Å². The van der Waals surface area contributed by atoms with Gasteiger partial charge < -0.3 is 10.1 Å². The summed E-state index contributed by atoms with van der Waals surface area (Å²) < 4.78 is 67.3. The summed E-state index contributed by atoms with van der Waals surface area (Å²) in [6.45, 7) is 0.334. The smallest absolute Gasteiger partial charge is 0.377 e. The van der Waals surface area contributed by atoms with Crippen molar-refractivity contribution >= 4 is 34.1 Å². The number of allylic oxidation sites excluding steroid dienone is 1. The molecule has 4 amide bonds. The van der Waals surface area contributed by atoms with Gasteiger partial charge >= 0.3 is 18.2 Å². The lowest BCUT2D eigenvalue weighted by atomic mass is 9.83. The van der Waals surface area contributed by atoms with Crippen LogP contribution in [0.4, 0.5) is 28.4 Å². The molecule has 0 saturated carbocycles. The molecule has 14 heteroatoms. The number of ketones is 1. The second kappa shape index (κ2) is 10.5. The van der Waals surface area contributed by atoms with Crippen molar-refractivity contribution in [2.45, 2.75) is 42.4 Å². The maximum absolute atomic E-state index is 14.2. The highest BCUT2D eigenvalue weighted by Gasteiger charge is 2.49. The van der Waals surface area contributed by atoms with Crippen LogP contribution in [0.25, 0.3) is 0 Å². The van der Waals surface area contributed by atoms with Gasteiger partial charge in [-0.2, -0.15) is 29.0 Å². The molecule has 2 aliphatic heterocycles. The molecular formula is C27H25F3N4O6S. The Hall–Kier alpha value is -3.90. The van der Waals surface area contributed by atoms with Gasteiger partial charge in [0, 0.05) is 29.5 Å². The number of halogens is 3. The second-order valence-corrected chi connectivity index (χ2v) is 12.1. The van der Waals surface area contributed by atoms with E-state index in [4.69, 9.17) is 4.74 Å². The summed E-state index contributed by atoms with van der Waals surface area (Å²) in [6, 6.07) is 5.99. The molecule has 10 nitrogen and oxygen atoms in total. The number of Topliss-reactive ketones (excluding diaryl/α,β-unsaturated/α-hetero) is 1. The fourth-order valence-electron chi connectivity index (χ4n) is 5.17. The Morgan fingerprint density at radius 3 is 2.49 bits per heavy atom. The highest BCUT2D eigenvalue weighted by Crippen LogP contribution is 2.52. The van der Waals surface area contributed by atoms with E-state index < -0.39 is 52.3 Å². The number of urea groups is 2. The van der Waals surface area contributed by atoms with Crippen LogP contribution in [0, 0.1) is 11.3 Å². The van der Waals surface area contributed by atoms with E-state index in [9.17, 15) is 41.9 Å². The molecule has 1 atom stereocenters. The third kappa shape index (κ3) is 5.29. The van der Waals surface area contributed by atoms with E-state index in [-0.39, 0.29) is 59.0 Å². The number of amides is 4. The molecule has 5 rings (SSSR count). The first-order valence-electron chi connectivity index (χ1n) is 12.5. The Balaban J connectivity index is 1.77. The van der Waals surface area contributed by atoms with Crippen LogP contribution < -0.4 is 10.2 Å². The van der Waals surface area contributed by atoms with Crippen LogP contribution >= 0.6 is 10.6 Å². The fourth-order valence-corrected chi connectivity index (χ4v) is 6.14. The number of ether oxygens (including phenoxy) is 1. The van der Waals surface area contributed by atoms with E-state index in [1.54, 1.807) is 0 Å². The van der Waals surface area contributed by atoms with Crippen molar-refractivity contribution in [1.82, 2.24) is 10.2 Å². The summed E-state index contributed by atoms with van der Waals surface area (Å²) in [5.74, 6) is -0.451. The van der Waals surface area contributed by atoms with E-state index in [0.717, 1.165) is 34.3 Å². The van der Waals surface area contributed by atoms with Crippen molar-refractivity contribution in [2.75, 3.05) is 24.4 Å². The maximum Gasteiger partial charge on any atom is 0.416 e. The van der Waals surface area contributed by atoms with Gasteiger partial charge in [0.1, 0.15) is 6.04 Å². The van der Waals surface area contributed by atoms with Gasteiger partial charge in [-0.1, -0.05) is 12.1 Å². The SMILES string of the molecule is CS(O)(O)c1cc(C#N)ccc1[C@@H]1C2=C(CCCC2=O)N(c2cccc(C(F)(F)F)c2)C(=O)N1C(=O)NC1COC1. The molecule has 3 aliphatic rings. The topological polar surface area (TPSA) is 143 Å². The van der Waals surface area contributed by atoms with Crippen molar-refractivity contribution in [3.63, 3.8) is 0 Å². The Labute approximate surface area is 234 Å². The van der Waals surface area contributed by atoms with E-state index in [1.165, 1.54) is 24.3 Å². The number of nitriles is 1. The average molecular weight is 591 g/mol. The number of rotatable bonds is 4. The number of nitrogens with zero attached hydrogens (tertiary/aromatic N) is 3. The lowest BCUT2D eigenvalue weighted by Crippen LogP contribution is -2.60. The molecule has 3 N–H and O–H groups in total. The third-order valence-corrected chi connectivity index (χ3v) is 8.28. The van der Waals surface area contributed by atoms with Crippen LogP contribution in [0.5, 0.6) is 0 Å². The normalized spacial score (nSPS) is 20.4. The first-order valence-corrected chi connectivity index (χ1v) is 14.5. The first kappa shape index (κ1) is 28.6. The predicted molar refractivity (Wildman–Crippen MR) is 141 cm³/mol. The zero-order chi connectivity index (χ0) is 29.7. The Kier molecular flexibility index (Phi) is 7.33. The standard InChI is InChI=1S/C27H25F3N4O6S/c1-41(38,39)22-10-15(12-31)8-9-19(22)24-23-20(6-3-7-21(23)35)33(18-5-2-4-16(11-18)27(28,29)30)26(37)34(24)25(36)32-17-13-40-14-17/h2,4-5,8-11,17,24,38-39H,3,6-7,13-14H2,1H3,(H,32,36)/t24-/m1/s1. The number of alkyl halides is 3. The highest BCUT2D eigenvalue weighted by atomic mass is 32.3. The number of imide groups is 1. The van der Waals surface area contributed by atoms with Crippen molar-refractivity contribution in [2.24, 2.45) is 0 Å². The van der Waals surface area contributed by atoms with Gasteiger partial charge in [0.05, 0.1) is 47.0 Å². The fraction of sp³-hybridized carbons (Fsp3) is 0.333. The number of hydrogen-bond donors (Lipinski definition) is 3. The summed E-state index contributed by atoms with van der Waals surface area (Å²) in [7, 11) is -3.55. The molecule has 1 saturated heterocycles. The van der Waals surface area contributed by atoms with Gasteiger partial charge in [0.25, 0.3) is 0 Å². The minimum atomic E-state index is -4.72. The molecule has 0 bridgehead atoms. The summed E-state index contributed by atoms with van der Waals surface area (Å²) in [6.07, 6.45) is -3.12. The Morgan fingerprint density at radius 2 is 1.88 bits per heavy atom. The minimum absolute atomic E-state index is 0.0251. The van der Waals surface area contributed by atoms with Crippen molar-refractivity contribution in [1.29, 1.82) is 5.26 Å². The van der Waals surface area contributed by atoms with Crippen LogP contribution in [0.15, 0.2) is 58.6 Å². The lowest BCUT2D eigenvalue weighted by Gasteiger charge is -2.46. The number of benzene rings is 2. The minimum Gasteiger partial charge on any atom is -0.377 e. The molecule has 0 aromatic heterocycles. The molecule has 2 aromatic rings. The van der Waals surface area contributed by atoms with Crippen LogP contribution in [0.1, 0.15) is 42.0 Å². The summed E-state index contributed by atoms with van der Waals surface area (Å²) in [5, 5.41) is 12.1. The third-order valence-electron chi connectivity index (χ3n) is 7.10. The molecule has 1 fully saturated rings. The van der Waals surface area contributed by atoms with E-state index in [1.807, 2.05) is 6.07 Å². The second-order valence-electron chi connectivity index (χ2n) is 9.96. The molecule has 2 heterocycles. The van der Waals surface area contributed by atoms with E-state index >= 15 is 0 Å². The average Bonchev–Trinajstić information content (AvgIpc) is 2.89. The van der Waals surface area contributed by atoms with Gasteiger partial charge in [0.2, 0.25) is 0 Å². The molecular weight excluding hydrogens is 565 g/mol. The first-order chi connectivity index (χ1) is 19.3. The summed E-state index contributed by atoms with van der Waals surface area (Å²) in [4.78, 5) is 43.0. The number of nitrogens with one attached hydrogen (secondary N) is 1. The van der Waals surface area contributed by atoms with Crippen molar-refractivity contribution < 1.29 is 41.4 Å². The predicted octanol–water partition coefficient (Wildman–Crippen LogP) is 5.42. The zero-order valence-electron chi connectivity index (χ0n) is 21.6. The van der Waals surface area contributed by atoms with Crippen LogP contribution in [-0.2, 0) is 15.7 Å². The Morgan fingerprint density at radius 1 is 1.15 bits per heavy atom. The quantitative estimate of drug-likeness (QED) is 0.432. The number of carbonyl (C=O) groups is 3. The van der Waals surface area contributed by atoms with Gasteiger partial charge in [-0.25, -0.2) is 14.5 Å². The number of hydrogen-bond acceptors (Lipinski definition) is 7. The molecule has 0 radical (unpaired) electrons. The van der Waals surface area contributed by atoms with Crippen molar-refractivity contribution in [3.05, 3.63) is 70.4 Å². The lowest BCUT2D eigenvalue weighted by molar-refractivity contribution is -0.137. The highest BCUT2D eigenvalue weighted by molar-refractivity contribution is 8.23. The molecule has 1 aliphatic carbocycles. The zero-order valence-corrected chi connectivity index (χ0v) is 22.5. The Bertz CT molecular complexity index is 1510. The van der Waals surface area contributed by atoms with E-state index in [0.29, 0.717) is 6.42 Å². The van der Waals surface area contributed by atoms with Gasteiger partial charge in [-0.15, -0.1) is 0 Å². The molecule has 0 spiro atoms. The maximum atomic E-state index is 14.2.